The summed E-state index contributed by atoms with van der Waals surface area (Å²) < 4.78 is 0. The number of rotatable bonds is 3. The zero-order chi connectivity index (χ0) is 13.1. The second-order valence-electron chi connectivity index (χ2n) is 4.69. The molecule has 0 aliphatic rings. The van der Waals surface area contributed by atoms with Gasteiger partial charge in [0.05, 0.1) is 0 Å². The Morgan fingerprint density at radius 3 is 2.24 bits per heavy atom. The third-order valence-electron chi connectivity index (χ3n) is 2.28. The van der Waals surface area contributed by atoms with Gasteiger partial charge in [0.2, 0.25) is 0 Å². The van der Waals surface area contributed by atoms with Crippen molar-refractivity contribution in [3.8, 4) is 0 Å². The SMILES string of the molecule is CC(C)(C)N(CC(=O)O)C(=O)c1ccncc1. The van der Waals surface area contributed by atoms with E-state index in [9.17, 15) is 9.59 Å². The maximum absolute atomic E-state index is 12.2. The minimum absolute atomic E-state index is 0.303. The molecule has 0 radical (unpaired) electrons. The smallest absolute Gasteiger partial charge is 0.323 e. The van der Waals surface area contributed by atoms with Gasteiger partial charge in [-0.3, -0.25) is 14.6 Å². The first kappa shape index (κ1) is 13.2. The van der Waals surface area contributed by atoms with Gasteiger partial charge in [0.1, 0.15) is 6.54 Å². The molecule has 0 fully saturated rings. The Morgan fingerprint density at radius 1 is 1.29 bits per heavy atom. The molecule has 1 aromatic rings. The van der Waals surface area contributed by atoms with E-state index in [1.165, 1.54) is 17.3 Å². The van der Waals surface area contributed by atoms with Crippen LogP contribution in [0.25, 0.3) is 0 Å². The summed E-state index contributed by atoms with van der Waals surface area (Å²) in [4.78, 5) is 28.1. The lowest BCUT2D eigenvalue weighted by Crippen LogP contribution is -2.48. The van der Waals surface area contributed by atoms with Crippen molar-refractivity contribution in [2.75, 3.05) is 6.54 Å². The molecule has 5 nitrogen and oxygen atoms in total. The largest absolute Gasteiger partial charge is 0.480 e. The molecule has 0 saturated heterocycles. The maximum atomic E-state index is 12.2. The zero-order valence-corrected chi connectivity index (χ0v) is 10.2. The molecule has 0 aromatic carbocycles. The molecule has 0 unspecified atom stereocenters. The number of carboxylic acids is 1. The summed E-state index contributed by atoms with van der Waals surface area (Å²) in [5.74, 6) is -1.33. The summed E-state index contributed by atoms with van der Waals surface area (Å²) in [6.45, 7) is 5.09. The number of aliphatic carboxylic acids is 1. The lowest BCUT2D eigenvalue weighted by molar-refractivity contribution is -0.138. The van der Waals surface area contributed by atoms with E-state index in [1.807, 2.05) is 0 Å². The van der Waals surface area contributed by atoms with Crippen molar-refractivity contribution >= 4 is 11.9 Å². The molecule has 5 heteroatoms. The van der Waals surface area contributed by atoms with Crippen LogP contribution in [-0.4, -0.2) is 39.0 Å². The second kappa shape index (κ2) is 4.95. The van der Waals surface area contributed by atoms with Crippen molar-refractivity contribution < 1.29 is 14.7 Å². The fourth-order valence-corrected chi connectivity index (χ4v) is 1.40. The Kier molecular flexibility index (Phi) is 3.83. The monoisotopic (exact) mass is 236 g/mol. The highest BCUT2D eigenvalue weighted by Crippen LogP contribution is 2.16. The van der Waals surface area contributed by atoms with Gasteiger partial charge in [0.25, 0.3) is 5.91 Å². The number of aromatic nitrogens is 1. The van der Waals surface area contributed by atoms with E-state index in [0.717, 1.165) is 0 Å². The average Bonchev–Trinajstić information content (AvgIpc) is 2.24. The molecule has 0 aliphatic carbocycles. The molecule has 0 bridgehead atoms. The van der Waals surface area contributed by atoms with Crippen LogP contribution in [0.2, 0.25) is 0 Å². The Balaban J connectivity index is 3.00. The third-order valence-corrected chi connectivity index (χ3v) is 2.28. The summed E-state index contributed by atoms with van der Waals surface area (Å²) in [6, 6.07) is 3.14. The van der Waals surface area contributed by atoms with Crippen LogP contribution in [0.3, 0.4) is 0 Å². The first-order chi connectivity index (χ1) is 7.82. The highest BCUT2D eigenvalue weighted by molar-refractivity contribution is 5.96. The molecule has 1 heterocycles. The molecular weight excluding hydrogens is 220 g/mol. The van der Waals surface area contributed by atoms with Gasteiger partial charge < -0.3 is 10.0 Å². The van der Waals surface area contributed by atoms with Gasteiger partial charge in [-0.15, -0.1) is 0 Å². The van der Waals surface area contributed by atoms with Crippen LogP contribution in [0.1, 0.15) is 31.1 Å². The van der Waals surface area contributed by atoms with Crippen LogP contribution in [0.15, 0.2) is 24.5 Å². The van der Waals surface area contributed by atoms with E-state index in [-0.39, 0.29) is 12.5 Å². The van der Waals surface area contributed by atoms with Crippen molar-refractivity contribution in [1.29, 1.82) is 0 Å². The van der Waals surface area contributed by atoms with Gasteiger partial charge in [-0.25, -0.2) is 0 Å². The van der Waals surface area contributed by atoms with Crippen molar-refractivity contribution in [2.45, 2.75) is 26.3 Å². The Hall–Kier alpha value is -1.91. The minimum Gasteiger partial charge on any atom is -0.480 e. The third kappa shape index (κ3) is 3.55. The topological polar surface area (TPSA) is 70.5 Å². The van der Waals surface area contributed by atoms with E-state index in [2.05, 4.69) is 4.98 Å². The molecule has 1 rings (SSSR count). The predicted molar refractivity (Wildman–Crippen MR) is 62.7 cm³/mol. The van der Waals surface area contributed by atoms with Crippen LogP contribution in [0.4, 0.5) is 0 Å². The number of carbonyl (C=O) groups excluding carboxylic acids is 1. The van der Waals surface area contributed by atoms with Gasteiger partial charge in [0, 0.05) is 23.5 Å². The first-order valence-corrected chi connectivity index (χ1v) is 5.26. The van der Waals surface area contributed by atoms with Crippen LogP contribution in [-0.2, 0) is 4.79 Å². The normalized spacial score (nSPS) is 11.0. The predicted octanol–water partition coefficient (Wildman–Crippen LogP) is 1.41. The lowest BCUT2D eigenvalue weighted by atomic mass is 10.0. The lowest BCUT2D eigenvalue weighted by Gasteiger charge is -2.34. The van der Waals surface area contributed by atoms with E-state index in [4.69, 9.17) is 5.11 Å². The van der Waals surface area contributed by atoms with Crippen LogP contribution in [0.5, 0.6) is 0 Å². The molecule has 0 spiro atoms. The van der Waals surface area contributed by atoms with E-state index >= 15 is 0 Å². The Labute approximate surface area is 100 Å². The molecule has 1 aromatic heterocycles. The quantitative estimate of drug-likeness (QED) is 0.861. The number of amides is 1. The molecule has 1 N–H and O–H groups in total. The number of pyridine rings is 1. The van der Waals surface area contributed by atoms with Crippen LogP contribution >= 0.6 is 0 Å². The summed E-state index contributed by atoms with van der Waals surface area (Å²) in [7, 11) is 0. The molecular formula is C12H16N2O3. The molecule has 0 saturated carbocycles. The Morgan fingerprint density at radius 2 is 1.82 bits per heavy atom. The standard InChI is InChI=1S/C12H16N2O3/c1-12(2,3)14(8-10(15)16)11(17)9-4-6-13-7-5-9/h4-7H,8H2,1-3H3,(H,15,16). The Bertz CT molecular complexity index is 410. The van der Waals surface area contributed by atoms with Crippen molar-refractivity contribution in [3.63, 3.8) is 0 Å². The fourth-order valence-electron chi connectivity index (χ4n) is 1.40. The summed E-state index contributed by atoms with van der Waals surface area (Å²) in [6.07, 6.45) is 3.02. The van der Waals surface area contributed by atoms with E-state index < -0.39 is 11.5 Å². The highest BCUT2D eigenvalue weighted by atomic mass is 16.4. The van der Waals surface area contributed by atoms with Gasteiger partial charge in [-0.2, -0.15) is 0 Å². The second-order valence-corrected chi connectivity index (χ2v) is 4.69. The summed E-state index contributed by atoms with van der Waals surface area (Å²) in [5, 5.41) is 8.84. The number of carboxylic acid groups (broad SMARTS) is 1. The molecule has 0 atom stereocenters. The van der Waals surface area contributed by atoms with Crippen molar-refractivity contribution in [1.82, 2.24) is 9.88 Å². The molecule has 1 amide bonds. The first-order valence-electron chi connectivity index (χ1n) is 5.26. The van der Waals surface area contributed by atoms with E-state index in [0.29, 0.717) is 5.56 Å². The molecule has 92 valence electrons. The van der Waals surface area contributed by atoms with Crippen LogP contribution in [0, 0.1) is 0 Å². The molecule has 0 aliphatic heterocycles. The number of hydrogen-bond donors (Lipinski definition) is 1. The minimum atomic E-state index is -1.03. The number of nitrogens with zero attached hydrogens (tertiary/aromatic N) is 2. The zero-order valence-electron chi connectivity index (χ0n) is 10.2. The van der Waals surface area contributed by atoms with Gasteiger partial charge in [-0.1, -0.05) is 0 Å². The maximum Gasteiger partial charge on any atom is 0.323 e. The van der Waals surface area contributed by atoms with Gasteiger partial charge >= 0.3 is 5.97 Å². The van der Waals surface area contributed by atoms with Gasteiger partial charge in [0.15, 0.2) is 0 Å². The van der Waals surface area contributed by atoms with Crippen LogP contribution < -0.4 is 0 Å². The summed E-state index contributed by atoms with van der Waals surface area (Å²) in [5.41, 5.74) is -0.102. The van der Waals surface area contributed by atoms with Gasteiger partial charge in [-0.05, 0) is 32.9 Å². The number of hydrogen-bond acceptors (Lipinski definition) is 3. The average molecular weight is 236 g/mol. The summed E-state index contributed by atoms with van der Waals surface area (Å²) >= 11 is 0. The van der Waals surface area contributed by atoms with E-state index in [1.54, 1.807) is 32.9 Å². The van der Waals surface area contributed by atoms with Crippen molar-refractivity contribution in [3.05, 3.63) is 30.1 Å². The highest BCUT2D eigenvalue weighted by Gasteiger charge is 2.28. The number of carbonyl (C=O) groups is 2. The molecule has 17 heavy (non-hydrogen) atoms. The fraction of sp³-hybridized carbons (Fsp3) is 0.417. The van der Waals surface area contributed by atoms with Crippen molar-refractivity contribution in [2.24, 2.45) is 0 Å².